The predicted octanol–water partition coefficient (Wildman–Crippen LogP) is -0.530. The topological polar surface area (TPSA) is 67.6 Å². The van der Waals surface area contributed by atoms with Gasteiger partial charge in [0.2, 0.25) is 0 Å². The van der Waals surface area contributed by atoms with Crippen molar-refractivity contribution in [3.63, 3.8) is 0 Å². The van der Waals surface area contributed by atoms with E-state index in [9.17, 15) is 8.42 Å². The summed E-state index contributed by atoms with van der Waals surface area (Å²) in [6.07, 6.45) is 3.10. The van der Waals surface area contributed by atoms with Crippen LogP contribution in [-0.4, -0.2) is 42.2 Å². The fourth-order valence-corrected chi connectivity index (χ4v) is 1.93. The molecule has 1 aromatic heterocycles. The Kier molecular flexibility index (Phi) is 1.93. The van der Waals surface area contributed by atoms with Crippen molar-refractivity contribution in [2.75, 3.05) is 14.1 Å². The molecule has 76 valence electrons. The molecule has 0 radical (unpaired) electrons. The Morgan fingerprint density at radius 3 is 2.79 bits per heavy atom. The van der Waals surface area contributed by atoms with Gasteiger partial charge in [-0.15, -0.1) is 0 Å². The van der Waals surface area contributed by atoms with Gasteiger partial charge in [-0.25, -0.2) is 0 Å². The van der Waals surface area contributed by atoms with Crippen molar-refractivity contribution in [2.24, 2.45) is 4.99 Å². The Bertz CT molecular complexity index is 486. The summed E-state index contributed by atoms with van der Waals surface area (Å²) in [5.74, 6) is 0. The Labute approximate surface area is 82.0 Å². The summed E-state index contributed by atoms with van der Waals surface area (Å²) < 4.78 is 25.3. The van der Waals surface area contributed by atoms with Crippen LogP contribution in [0.5, 0.6) is 0 Å². The van der Waals surface area contributed by atoms with E-state index < -0.39 is 10.2 Å². The zero-order valence-electron chi connectivity index (χ0n) is 7.88. The second-order valence-electron chi connectivity index (χ2n) is 3.16. The summed E-state index contributed by atoms with van der Waals surface area (Å²) in [5.41, 5.74) is 1.48. The van der Waals surface area contributed by atoms with Gasteiger partial charge in [-0.1, -0.05) is 0 Å². The number of fused-ring (bicyclic) bond motifs is 1. The maximum Gasteiger partial charge on any atom is 0.322 e. The van der Waals surface area contributed by atoms with Crippen LogP contribution in [0.15, 0.2) is 11.2 Å². The molecule has 1 aliphatic heterocycles. The standard InChI is InChI=1S/C7H10N4O2S/c1-10(2)14(12,13)11-5-6-3-8-4-7(6)9-11/h3,5H,4H2,1-2H3. The van der Waals surface area contributed by atoms with Gasteiger partial charge >= 0.3 is 10.2 Å². The second-order valence-corrected chi connectivity index (χ2v) is 5.16. The molecular weight excluding hydrogens is 204 g/mol. The van der Waals surface area contributed by atoms with E-state index in [2.05, 4.69) is 10.1 Å². The summed E-state index contributed by atoms with van der Waals surface area (Å²) in [5, 5.41) is 3.95. The van der Waals surface area contributed by atoms with Crippen LogP contribution in [0.25, 0.3) is 0 Å². The van der Waals surface area contributed by atoms with Crippen molar-refractivity contribution in [2.45, 2.75) is 6.54 Å². The molecule has 0 unspecified atom stereocenters. The highest BCUT2D eigenvalue weighted by molar-refractivity contribution is 7.87. The van der Waals surface area contributed by atoms with E-state index in [4.69, 9.17) is 0 Å². The molecule has 0 amide bonds. The predicted molar refractivity (Wildman–Crippen MR) is 51.5 cm³/mol. The number of hydrogen-bond acceptors (Lipinski definition) is 4. The van der Waals surface area contributed by atoms with Crippen LogP contribution in [0.2, 0.25) is 0 Å². The van der Waals surface area contributed by atoms with E-state index in [1.54, 1.807) is 6.21 Å². The van der Waals surface area contributed by atoms with Crippen LogP contribution in [-0.2, 0) is 16.8 Å². The molecule has 0 spiro atoms. The maximum absolute atomic E-state index is 11.6. The molecule has 2 rings (SSSR count). The van der Waals surface area contributed by atoms with Gasteiger partial charge in [0.05, 0.1) is 18.4 Å². The first kappa shape index (κ1) is 9.35. The Morgan fingerprint density at radius 2 is 2.21 bits per heavy atom. The van der Waals surface area contributed by atoms with Crippen LogP contribution in [0, 0.1) is 0 Å². The average Bonchev–Trinajstić information content (AvgIpc) is 2.60. The number of hydrogen-bond donors (Lipinski definition) is 0. The minimum atomic E-state index is -3.48. The summed E-state index contributed by atoms with van der Waals surface area (Å²) in [4.78, 5) is 3.97. The molecule has 1 aliphatic rings. The monoisotopic (exact) mass is 214 g/mol. The van der Waals surface area contributed by atoms with Gasteiger partial charge in [0.15, 0.2) is 0 Å². The Hall–Kier alpha value is -1.21. The highest BCUT2D eigenvalue weighted by Gasteiger charge is 2.21. The van der Waals surface area contributed by atoms with Crippen molar-refractivity contribution >= 4 is 16.4 Å². The van der Waals surface area contributed by atoms with E-state index in [-0.39, 0.29) is 0 Å². The Balaban J connectivity index is 2.49. The quantitative estimate of drug-likeness (QED) is 0.664. The largest absolute Gasteiger partial charge is 0.322 e. The molecule has 0 saturated carbocycles. The molecule has 7 heteroatoms. The third kappa shape index (κ3) is 1.25. The molecule has 0 aromatic carbocycles. The lowest BCUT2D eigenvalue weighted by Gasteiger charge is -2.10. The van der Waals surface area contributed by atoms with E-state index in [0.717, 1.165) is 14.0 Å². The molecule has 6 nitrogen and oxygen atoms in total. The van der Waals surface area contributed by atoms with Crippen molar-refractivity contribution in [1.29, 1.82) is 0 Å². The zero-order valence-corrected chi connectivity index (χ0v) is 8.69. The highest BCUT2D eigenvalue weighted by Crippen LogP contribution is 2.13. The number of nitrogens with zero attached hydrogens (tertiary/aromatic N) is 4. The lowest BCUT2D eigenvalue weighted by Crippen LogP contribution is -2.29. The molecule has 0 N–H and O–H groups in total. The summed E-state index contributed by atoms with van der Waals surface area (Å²) in [6, 6.07) is 0. The molecule has 0 aliphatic carbocycles. The van der Waals surface area contributed by atoms with Gasteiger partial charge in [-0.2, -0.15) is 21.9 Å². The van der Waals surface area contributed by atoms with Crippen molar-refractivity contribution in [3.05, 3.63) is 17.5 Å². The molecule has 1 aromatic rings. The molecule has 0 fully saturated rings. The third-order valence-electron chi connectivity index (χ3n) is 1.97. The van der Waals surface area contributed by atoms with Gasteiger partial charge in [0, 0.05) is 25.9 Å². The number of aliphatic imine (C=N–C) groups is 1. The van der Waals surface area contributed by atoms with E-state index in [0.29, 0.717) is 12.2 Å². The van der Waals surface area contributed by atoms with E-state index >= 15 is 0 Å². The molecule has 14 heavy (non-hydrogen) atoms. The van der Waals surface area contributed by atoms with E-state index in [1.807, 2.05) is 0 Å². The van der Waals surface area contributed by atoms with Gasteiger partial charge in [-0.05, 0) is 0 Å². The molecular formula is C7H10N4O2S. The summed E-state index contributed by atoms with van der Waals surface area (Å²) in [6.45, 7) is 0.464. The first-order valence-electron chi connectivity index (χ1n) is 4.03. The van der Waals surface area contributed by atoms with Crippen molar-refractivity contribution < 1.29 is 8.42 Å². The maximum atomic E-state index is 11.6. The van der Waals surface area contributed by atoms with Crippen LogP contribution in [0.4, 0.5) is 0 Å². The smallest absolute Gasteiger partial charge is 0.286 e. The SMILES string of the molecule is CN(C)S(=O)(=O)n1cc2c(n1)CN=C2. The van der Waals surface area contributed by atoms with Crippen LogP contribution in [0.1, 0.15) is 11.3 Å². The molecule has 0 saturated heterocycles. The van der Waals surface area contributed by atoms with Gasteiger partial charge in [0.25, 0.3) is 0 Å². The molecule has 0 bridgehead atoms. The molecule has 0 atom stereocenters. The van der Waals surface area contributed by atoms with Gasteiger partial charge in [-0.3, -0.25) is 4.99 Å². The Morgan fingerprint density at radius 1 is 1.50 bits per heavy atom. The third-order valence-corrected chi connectivity index (χ3v) is 3.55. The number of aromatic nitrogens is 2. The molecule has 2 heterocycles. The van der Waals surface area contributed by atoms with Gasteiger partial charge in [0.1, 0.15) is 0 Å². The van der Waals surface area contributed by atoms with E-state index in [1.165, 1.54) is 20.3 Å². The minimum absolute atomic E-state index is 0.464. The van der Waals surface area contributed by atoms with Gasteiger partial charge < -0.3 is 0 Å². The van der Waals surface area contributed by atoms with Crippen molar-refractivity contribution in [1.82, 2.24) is 13.5 Å². The minimum Gasteiger partial charge on any atom is -0.286 e. The van der Waals surface area contributed by atoms with Crippen LogP contribution in [0.3, 0.4) is 0 Å². The lowest BCUT2D eigenvalue weighted by molar-refractivity contribution is 0.503. The summed E-state index contributed by atoms with van der Waals surface area (Å²) >= 11 is 0. The average molecular weight is 214 g/mol. The first-order chi connectivity index (χ1) is 6.51. The highest BCUT2D eigenvalue weighted by atomic mass is 32.2. The summed E-state index contributed by atoms with van der Waals surface area (Å²) in [7, 11) is -0.541. The van der Waals surface area contributed by atoms with Crippen molar-refractivity contribution in [3.8, 4) is 0 Å². The lowest BCUT2D eigenvalue weighted by atomic mass is 10.3. The second kappa shape index (κ2) is 2.89. The van der Waals surface area contributed by atoms with Crippen LogP contribution >= 0.6 is 0 Å². The normalized spacial score (nSPS) is 15.1. The number of rotatable bonds is 2. The fraction of sp³-hybridized carbons (Fsp3) is 0.429. The zero-order chi connectivity index (χ0) is 10.3. The first-order valence-corrected chi connectivity index (χ1v) is 5.43. The fourth-order valence-electron chi connectivity index (χ4n) is 1.15. The van der Waals surface area contributed by atoms with Crippen LogP contribution < -0.4 is 0 Å².